The van der Waals surface area contributed by atoms with Crippen LogP contribution in [0.3, 0.4) is 0 Å². The van der Waals surface area contributed by atoms with E-state index in [-0.39, 0.29) is 41.3 Å². The van der Waals surface area contributed by atoms with Crippen molar-refractivity contribution in [2.24, 2.45) is 0 Å². The predicted octanol–water partition coefficient (Wildman–Crippen LogP) is 10.5. The van der Waals surface area contributed by atoms with E-state index in [2.05, 4.69) is 39.6 Å². The lowest BCUT2D eigenvalue weighted by molar-refractivity contribution is 0.0821. The maximum atomic E-state index is 14.0. The van der Waals surface area contributed by atoms with Gasteiger partial charge in [0.05, 0.1) is 35.4 Å². The molecule has 15 nitrogen and oxygen atoms in total. The molecule has 0 aliphatic rings. The number of aromatic nitrogens is 6. The highest BCUT2D eigenvalue weighted by Crippen LogP contribution is 2.44. The zero-order chi connectivity index (χ0) is 50.8. The van der Waals surface area contributed by atoms with Gasteiger partial charge in [-0.05, 0) is 42.4 Å². The number of benzene rings is 2. The summed E-state index contributed by atoms with van der Waals surface area (Å²) >= 11 is 13.9. The van der Waals surface area contributed by atoms with Crippen LogP contribution >= 0.6 is 23.2 Å². The van der Waals surface area contributed by atoms with Gasteiger partial charge in [0.2, 0.25) is 0 Å². The summed E-state index contributed by atoms with van der Waals surface area (Å²) in [4.78, 5) is 48.6. The van der Waals surface area contributed by atoms with Crippen molar-refractivity contribution in [3.05, 3.63) is 119 Å². The normalized spacial score (nSPS) is 11.4. The van der Waals surface area contributed by atoms with Crippen molar-refractivity contribution in [3.63, 3.8) is 0 Å². The lowest BCUT2D eigenvalue weighted by Crippen LogP contribution is -2.23. The third kappa shape index (κ3) is 10.5. The van der Waals surface area contributed by atoms with Crippen LogP contribution in [0.15, 0.2) is 85.7 Å². The van der Waals surface area contributed by atoms with E-state index in [1.165, 1.54) is 48.3 Å². The largest absolute Gasteiger partial charge is 0.496 e. The first-order chi connectivity index (χ1) is 33.2. The minimum absolute atomic E-state index is 0.126. The van der Waals surface area contributed by atoms with Crippen LogP contribution in [0, 0.1) is 11.6 Å². The smallest absolute Gasteiger partial charge is 0.257 e. The summed E-state index contributed by atoms with van der Waals surface area (Å²) in [5.41, 5.74) is 18.7. The average Bonchev–Trinajstić information content (AvgIpc) is 3.93. The van der Waals surface area contributed by atoms with Crippen molar-refractivity contribution in [2.75, 3.05) is 60.5 Å². The molecule has 0 saturated carbocycles. The molecule has 0 unspecified atom stereocenters. The molecule has 0 atom stereocenters. The van der Waals surface area contributed by atoms with Gasteiger partial charge in [0.1, 0.15) is 52.8 Å². The monoisotopic (exact) mass is 1010 g/mol. The summed E-state index contributed by atoms with van der Waals surface area (Å²) in [6.45, 7) is 7.81. The van der Waals surface area contributed by atoms with Crippen LogP contribution in [0.5, 0.6) is 11.5 Å². The molecule has 0 aliphatic heterocycles. The molecule has 6 heterocycles. The lowest BCUT2D eigenvalue weighted by Gasteiger charge is -2.15. The van der Waals surface area contributed by atoms with Crippen molar-refractivity contribution in [1.82, 2.24) is 39.3 Å². The minimum Gasteiger partial charge on any atom is -0.496 e. The van der Waals surface area contributed by atoms with E-state index in [0.29, 0.717) is 94.7 Å². The number of hydrogen-bond acceptors (Lipinski definition) is 11. The summed E-state index contributed by atoms with van der Waals surface area (Å²) in [5.74, 6) is -0.368. The second-order valence-corrected chi connectivity index (χ2v) is 24.2. The van der Waals surface area contributed by atoms with E-state index in [9.17, 15) is 18.4 Å². The molecule has 364 valence electrons. The number of ether oxygens (including phenoxy) is 3. The Bertz CT molecular complexity index is 3290. The number of rotatable bonds is 13. The van der Waals surface area contributed by atoms with Gasteiger partial charge in [-0.25, -0.2) is 28.7 Å². The first kappa shape index (κ1) is 50.7. The number of carbonyl (C=O) groups is 2. The molecule has 8 rings (SSSR count). The molecule has 2 aromatic carbocycles. The maximum Gasteiger partial charge on any atom is 0.257 e. The van der Waals surface area contributed by atoms with Gasteiger partial charge in [0, 0.05) is 147 Å². The summed E-state index contributed by atoms with van der Waals surface area (Å²) in [6, 6.07) is 13.0. The molecule has 5 N–H and O–H groups in total. The van der Waals surface area contributed by atoms with E-state index in [1.54, 1.807) is 83.4 Å². The van der Waals surface area contributed by atoms with Gasteiger partial charge in [-0.15, -0.1) is 0 Å². The highest BCUT2D eigenvalue weighted by atomic mass is 35.5. The highest BCUT2D eigenvalue weighted by molar-refractivity contribution is 6.76. The molecule has 0 aliphatic carbocycles. The molecular formula is C50H52Cl2F2N10O5Si. The molecule has 6 aromatic heterocycles. The molecular weight excluding hydrogens is 958 g/mol. The number of aromatic amines is 1. The van der Waals surface area contributed by atoms with E-state index < -0.39 is 19.7 Å². The molecule has 0 saturated heterocycles. The fourth-order valence-corrected chi connectivity index (χ4v) is 9.03. The lowest BCUT2D eigenvalue weighted by atomic mass is 10.0. The van der Waals surface area contributed by atoms with Crippen molar-refractivity contribution >= 4 is 76.8 Å². The number of pyridine rings is 4. The molecule has 0 bridgehead atoms. The average molecular weight is 1010 g/mol. The Morgan fingerprint density at radius 3 is 1.69 bits per heavy atom. The van der Waals surface area contributed by atoms with Crippen LogP contribution < -0.4 is 20.9 Å². The number of carbonyl (C=O) groups excluding carboxylic acids is 2. The van der Waals surface area contributed by atoms with E-state index in [0.717, 1.165) is 6.04 Å². The number of fused-ring (bicyclic) bond motifs is 2. The number of H-pyrrole nitrogens is 1. The quantitative estimate of drug-likeness (QED) is 0.0735. The molecule has 0 radical (unpaired) electrons. The third-order valence-electron chi connectivity index (χ3n) is 11.3. The number of hydrogen-bond donors (Lipinski definition) is 3. The van der Waals surface area contributed by atoms with Gasteiger partial charge in [-0.2, -0.15) is 0 Å². The number of nitrogens with two attached hydrogens (primary N) is 2. The first-order valence-electron chi connectivity index (χ1n) is 21.8. The molecule has 0 spiro atoms. The number of methoxy groups -OCH3 is 2. The summed E-state index contributed by atoms with van der Waals surface area (Å²) in [7, 11) is 8.27. The zero-order valence-electron chi connectivity index (χ0n) is 40.0. The standard InChI is InChI=1S/C28H33ClFN5O3Si.C22H19ClFN5O2/c1-34(2)28(36)20-11-17(13-32-26(20)31)21-14-33-27-24(25(21)29)22(19-8-7-18(30)12-23(19)37-3)15-35(27)16-38-9-10-39(4,5)6;1-29(2)22(30)14-6-11(8-26-20(14)25)15-9-27-21-18(19(15)23)16(10-28-21)13-5-4-12(24)7-17(13)31-3/h7-8,11-15H,9-10,16H2,1-6H3,(H2,31,32);4-10H,1-3H3,(H2,25,26)(H,27,28). The van der Waals surface area contributed by atoms with Crippen molar-refractivity contribution in [1.29, 1.82) is 0 Å². The van der Waals surface area contributed by atoms with Gasteiger partial charge in [0.15, 0.2) is 0 Å². The Balaban J connectivity index is 0.000000212. The Kier molecular flexibility index (Phi) is 15.1. The van der Waals surface area contributed by atoms with Crippen LogP contribution in [0.25, 0.3) is 66.6 Å². The molecule has 70 heavy (non-hydrogen) atoms. The predicted molar refractivity (Wildman–Crippen MR) is 275 cm³/mol. The highest BCUT2D eigenvalue weighted by Gasteiger charge is 2.24. The number of halogens is 4. The molecule has 20 heteroatoms. The van der Waals surface area contributed by atoms with Crippen molar-refractivity contribution < 1.29 is 32.6 Å². The van der Waals surface area contributed by atoms with Crippen LogP contribution in [-0.2, 0) is 11.5 Å². The van der Waals surface area contributed by atoms with Crippen LogP contribution in [0.1, 0.15) is 20.7 Å². The van der Waals surface area contributed by atoms with E-state index >= 15 is 0 Å². The van der Waals surface area contributed by atoms with Crippen LogP contribution in [-0.4, -0.2) is 108 Å². The van der Waals surface area contributed by atoms with Gasteiger partial charge < -0.3 is 45.0 Å². The number of nitrogens with zero attached hydrogens (tertiary/aromatic N) is 7. The number of nitrogens with one attached hydrogen (secondary N) is 1. The van der Waals surface area contributed by atoms with Gasteiger partial charge in [-0.3, -0.25) is 9.59 Å². The van der Waals surface area contributed by atoms with Gasteiger partial charge >= 0.3 is 0 Å². The number of anilines is 2. The first-order valence-corrected chi connectivity index (χ1v) is 26.2. The van der Waals surface area contributed by atoms with Crippen molar-refractivity contribution in [3.8, 4) is 56.0 Å². The van der Waals surface area contributed by atoms with Gasteiger partial charge in [-0.1, -0.05) is 42.8 Å². The Morgan fingerprint density at radius 1 is 0.686 bits per heavy atom. The summed E-state index contributed by atoms with van der Waals surface area (Å²) in [6.07, 6.45) is 9.98. The van der Waals surface area contributed by atoms with Gasteiger partial charge in [0.25, 0.3) is 11.8 Å². The topological polar surface area (TPSA) is 193 Å². The molecule has 2 amide bonds. The second kappa shape index (κ2) is 20.8. The third-order valence-corrected chi connectivity index (χ3v) is 13.8. The van der Waals surface area contributed by atoms with Crippen molar-refractivity contribution in [2.45, 2.75) is 32.4 Å². The maximum absolute atomic E-state index is 14.0. The van der Waals surface area contributed by atoms with Crippen LogP contribution in [0.4, 0.5) is 20.4 Å². The van der Waals surface area contributed by atoms with Crippen LogP contribution in [0.2, 0.25) is 35.7 Å². The Hall–Kier alpha value is -7.12. The summed E-state index contributed by atoms with van der Waals surface area (Å²) < 4.78 is 46.5. The summed E-state index contributed by atoms with van der Waals surface area (Å²) in [5, 5.41) is 2.09. The van der Waals surface area contributed by atoms with E-state index in [4.69, 9.17) is 53.9 Å². The number of amides is 2. The Morgan fingerprint density at radius 2 is 1.19 bits per heavy atom. The van der Waals surface area contributed by atoms with E-state index in [1.807, 2.05) is 10.8 Å². The second-order valence-electron chi connectivity index (χ2n) is 17.9. The molecule has 0 fully saturated rings. The number of nitrogen functional groups attached to an aromatic ring is 2. The fraction of sp³-hybridized carbons (Fsp3) is 0.240. The SMILES string of the molecule is COc1cc(F)ccc1-c1c[nH]c2ncc(-c3cnc(N)c(C(=O)N(C)C)c3)c(Cl)c12.COc1cc(F)ccc1-c1cn(COCC[Si](C)(C)C)c2ncc(-c3cnc(N)c(C(=O)N(C)C)c3)c(Cl)c12. The fourth-order valence-electron chi connectivity index (χ4n) is 7.58. The molecule has 8 aromatic rings. The Labute approximate surface area is 414 Å². The minimum atomic E-state index is -1.26. The zero-order valence-corrected chi connectivity index (χ0v) is 42.6.